The highest BCUT2D eigenvalue weighted by Crippen LogP contribution is 2.30. The predicted octanol–water partition coefficient (Wildman–Crippen LogP) is 6.83. The van der Waals surface area contributed by atoms with Crippen LogP contribution in [-0.4, -0.2) is 43.8 Å². The van der Waals surface area contributed by atoms with Gasteiger partial charge < -0.3 is 10.2 Å². The van der Waals surface area contributed by atoms with Gasteiger partial charge in [0.1, 0.15) is 12.6 Å². The number of halogens is 4. The molecule has 0 radical (unpaired) electrons. The van der Waals surface area contributed by atoms with Crippen LogP contribution in [0.15, 0.2) is 71.6 Å². The van der Waals surface area contributed by atoms with Crippen LogP contribution in [-0.2, 0) is 26.2 Å². The minimum atomic E-state index is -4.25. The molecule has 3 rings (SSSR count). The van der Waals surface area contributed by atoms with Crippen LogP contribution < -0.4 is 9.62 Å². The molecule has 7 nitrogen and oxygen atoms in total. The molecular weight excluding hydrogens is 616 g/mol. The van der Waals surface area contributed by atoms with E-state index in [1.165, 1.54) is 41.3 Å². The third kappa shape index (κ3) is 8.04. The molecule has 214 valence electrons. The zero-order valence-corrected chi connectivity index (χ0v) is 25.9. The molecule has 0 heterocycles. The van der Waals surface area contributed by atoms with Gasteiger partial charge in [-0.15, -0.1) is 0 Å². The molecule has 40 heavy (non-hydrogen) atoms. The van der Waals surface area contributed by atoms with E-state index in [1.54, 1.807) is 37.3 Å². The number of nitrogens with zero attached hydrogens (tertiary/aromatic N) is 2. The van der Waals surface area contributed by atoms with E-state index in [9.17, 15) is 18.0 Å². The molecule has 1 N–H and O–H groups in total. The number of hydrogen-bond acceptors (Lipinski definition) is 4. The first kappa shape index (κ1) is 32.0. The molecule has 3 aromatic rings. The number of carbonyl (C=O) groups is 2. The van der Waals surface area contributed by atoms with Gasteiger partial charge in [0.15, 0.2) is 0 Å². The van der Waals surface area contributed by atoms with E-state index in [0.717, 1.165) is 4.31 Å². The molecule has 1 atom stereocenters. The lowest BCUT2D eigenvalue weighted by molar-refractivity contribution is -0.140. The van der Waals surface area contributed by atoms with Gasteiger partial charge in [0.2, 0.25) is 11.8 Å². The molecule has 3 aromatic carbocycles. The van der Waals surface area contributed by atoms with Crippen LogP contribution in [0.2, 0.25) is 20.1 Å². The van der Waals surface area contributed by atoms with Crippen LogP contribution in [0.1, 0.15) is 32.8 Å². The van der Waals surface area contributed by atoms with Gasteiger partial charge in [-0.2, -0.15) is 0 Å². The molecule has 2 amide bonds. The van der Waals surface area contributed by atoms with Crippen LogP contribution in [0.25, 0.3) is 0 Å². The number of rotatable bonds is 11. The van der Waals surface area contributed by atoms with Gasteiger partial charge in [-0.05, 0) is 68.3 Å². The standard InChI is InChI=1S/C28H29Cl4N3O4S/c1-4-26(28(37)33-18(2)3)34(16-19-10-11-20(29)15-25(19)32)27(36)17-35(23-13-21(30)12-22(31)14-23)40(38,39)24-8-6-5-7-9-24/h5-15,18,26H,4,16-17H2,1-3H3,(H,33,37)/t26-/m0/s1. The third-order valence-corrected chi connectivity index (χ3v) is 8.73. The molecule has 0 saturated heterocycles. The van der Waals surface area contributed by atoms with E-state index in [0.29, 0.717) is 15.6 Å². The number of amides is 2. The monoisotopic (exact) mass is 643 g/mol. The summed E-state index contributed by atoms with van der Waals surface area (Å²) in [6, 6.07) is 15.7. The number of benzene rings is 3. The van der Waals surface area contributed by atoms with Gasteiger partial charge in [0.25, 0.3) is 10.0 Å². The lowest BCUT2D eigenvalue weighted by Gasteiger charge is -2.33. The smallest absolute Gasteiger partial charge is 0.264 e. The minimum Gasteiger partial charge on any atom is -0.352 e. The molecule has 0 aliphatic heterocycles. The second-order valence-electron chi connectivity index (χ2n) is 9.30. The summed E-state index contributed by atoms with van der Waals surface area (Å²) in [4.78, 5) is 28.5. The van der Waals surface area contributed by atoms with Crippen molar-refractivity contribution in [1.29, 1.82) is 0 Å². The van der Waals surface area contributed by atoms with E-state index >= 15 is 0 Å². The second-order valence-corrected chi connectivity index (χ2v) is 12.9. The summed E-state index contributed by atoms with van der Waals surface area (Å²) in [6.45, 7) is 4.69. The summed E-state index contributed by atoms with van der Waals surface area (Å²) < 4.78 is 28.6. The van der Waals surface area contributed by atoms with Crippen molar-refractivity contribution in [3.8, 4) is 0 Å². The molecular formula is C28H29Cl4N3O4S. The first-order valence-corrected chi connectivity index (χ1v) is 15.4. The molecule has 0 fully saturated rings. The summed E-state index contributed by atoms with van der Waals surface area (Å²) in [5.41, 5.74) is 0.636. The van der Waals surface area contributed by atoms with Crippen molar-refractivity contribution < 1.29 is 18.0 Å². The summed E-state index contributed by atoms with van der Waals surface area (Å²) in [5, 5.41) is 3.94. The Balaban J connectivity index is 2.11. The normalized spacial score (nSPS) is 12.2. The van der Waals surface area contributed by atoms with Crippen LogP contribution in [0.3, 0.4) is 0 Å². The Kier molecular flexibility index (Phi) is 11.1. The molecule has 0 saturated carbocycles. The molecule has 0 aliphatic carbocycles. The fourth-order valence-corrected chi connectivity index (χ4v) is 6.47. The molecule has 0 aliphatic rings. The number of nitrogens with one attached hydrogen (secondary N) is 1. The zero-order chi connectivity index (χ0) is 29.6. The average molecular weight is 645 g/mol. The van der Waals surface area contributed by atoms with Crippen LogP contribution in [0.4, 0.5) is 5.69 Å². The van der Waals surface area contributed by atoms with Crippen LogP contribution >= 0.6 is 46.4 Å². The van der Waals surface area contributed by atoms with Gasteiger partial charge in [-0.25, -0.2) is 8.42 Å². The molecule has 12 heteroatoms. The van der Waals surface area contributed by atoms with Crippen molar-refractivity contribution in [1.82, 2.24) is 10.2 Å². The largest absolute Gasteiger partial charge is 0.352 e. The van der Waals surface area contributed by atoms with Crippen molar-refractivity contribution in [3.05, 3.63) is 92.4 Å². The minimum absolute atomic E-state index is 0.0317. The van der Waals surface area contributed by atoms with Crippen molar-refractivity contribution in [2.75, 3.05) is 10.8 Å². The highest BCUT2D eigenvalue weighted by atomic mass is 35.5. The Hall–Kier alpha value is -2.49. The number of anilines is 1. The zero-order valence-electron chi connectivity index (χ0n) is 22.1. The fourth-order valence-electron chi connectivity index (χ4n) is 4.07. The van der Waals surface area contributed by atoms with Crippen molar-refractivity contribution in [3.63, 3.8) is 0 Å². The number of carbonyl (C=O) groups excluding carboxylic acids is 2. The Morgan fingerprint density at radius 3 is 2.05 bits per heavy atom. The lowest BCUT2D eigenvalue weighted by atomic mass is 10.1. The van der Waals surface area contributed by atoms with E-state index in [4.69, 9.17) is 46.4 Å². The summed E-state index contributed by atoms with van der Waals surface area (Å²) in [5.74, 6) is -1.01. The third-order valence-electron chi connectivity index (χ3n) is 5.92. The maximum Gasteiger partial charge on any atom is 0.264 e. The molecule has 0 unspecified atom stereocenters. The Morgan fingerprint density at radius 2 is 1.50 bits per heavy atom. The Morgan fingerprint density at radius 1 is 0.875 bits per heavy atom. The highest BCUT2D eigenvalue weighted by molar-refractivity contribution is 7.92. The van der Waals surface area contributed by atoms with Crippen molar-refractivity contribution >= 4 is 73.9 Å². The van der Waals surface area contributed by atoms with Gasteiger partial charge in [0, 0.05) is 32.7 Å². The molecule has 0 bridgehead atoms. The van der Waals surface area contributed by atoms with E-state index < -0.39 is 28.5 Å². The summed E-state index contributed by atoms with van der Waals surface area (Å²) in [6.07, 6.45) is 0.268. The summed E-state index contributed by atoms with van der Waals surface area (Å²) >= 11 is 24.9. The van der Waals surface area contributed by atoms with E-state index in [-0.39, 0.29) is 45.5 Å². The first-order valence-electron chi connectivity index (χ1n) is 12.4. The molecule has 0 aromatic heterocycles. The van der Waals surface area contributed by atoms with Gasteiger partial charge >= 0.3 is 0 Å². The molecule has 0 spiro atoms. The van der Waals surface area contributed by atoms with Crippen LogP contribution in [0, 0.1) is 0 Å². The van der Waals surface area contributed by atoms with Crippen molar-refractivity contribution in [2.45, 2.75) is 50.7 Å². The lowest BCUT2D eigenvalue weighted by Crippen LogP contribution is -2.53. The number of sulfonamides is 1. The fraction of sp³-hybridized carbons (Fsp3) is 0.286. The maximum absolute atomic E-state index is 14.1. The highest BCUT2D eigenvalue weighted by Gasteiger charge is 2.34. The second kappa shape index (κ2) is 13.9. The van der Waals surface area contributed by atoms with Gasteiger partial charge in [-0.1, -0.05) is 77.6 Å². The first-order chi connectivity index (χ1) is 18.8. The topological polar surface area (TPSA) is 86.8 Å². The SMILES string of the molecule is CC[C@@H](C(=O)NC(C)C)N(Cc1ccc(Cl)cc1Cl)C(=O)CN(c1cc(Cl)cc(Cl)c1)S(=O)(=O)c1ccccc1. The van der Waals surface area contributed by atoms with Crippen LogP contribution in [0.5, 0.6) is 0 Å². The van der Waals surface area contributed by atoms with E-state index in [2.05, 4.69) is 5.32 Å². The Labute approximate surface area is 255 Å². The average Bonchev–Trinajstić information content (AvgIpc) is 2.87. The Bertz CT molecular complexity index is 1450. The van der Waals surface area contributed by atoms with E-state index in [1.807, 2.05) is 13.8 Å². The maximum atomic E-state index is 14.1. The predicted molar refractivity (Wildman–Crippen MR) is 162 cm³/mol. The summed E-state index contributed by atoms with van der Waals surface area (Å²) in [7, 11) is -4.25. The number of hydrogen-bond donors (Lipinski definition) is 1. The van der Waals surface area contributed by atoms with Gasteiger partial charge in [0.05, 0.1) is 10.6 Å². The van der Waals surface area contributed by atoms with Gasteiger partial charge in [-0.3, -0.25) is 13.9 Å². The quantitative estimate of drug-likeness (QED) is 0.248. The van der Waals surface area contributed by atoms with Crippen molar-refractivity contribution in [2.24, 2.45) is 0 Å².